The standard InChI is InChI=1S/C14H16F3N3O2S/c15-9-3-4-10(13(17)12(9)16)20-11(21)7-19-14(23)18-6-8-2-1-5-22-8/h3-4,8H,1-2,5-7H2,(H,20,21)(H2,18,19,23)/t8-/m1/s1. The summed E-state index contributed by atoms with van der Waals surface area (Å²) in [5.41, 5.74) is -0.436. The average Bonchev–Trinajstić information content (AvgIpc) is 3.05. The second-order valence-corrected chi connectivity index (χ2v) is 5.38. The van der Waals surface area contributed by atoms with E-state index >= 15 is 0 Å². The lowest BCUT2D eigenvalue weighted by molar-refractivity contribution is -0.115. The van der Waals surface area contributed by atoms with Gasteiger partial charge in [0.05, 0.1) is 18.3 Å². The number of anilines is 1. The quantitative estimate of drug-likeness (QED) is 0.559. The lowest BCUT2D eigenvalue weighted by Crippen LogP contribution is -2.42. The van der Waals surface area contributed by atoms with Crippen molar-refractivity contribution in [2.24, 2.45) is 0 Å². The fourth-order valence-electron chi connectivity index (χ4n) is 2.05. The summed E-state index contributed by atoms with van der Waals surface area (Å²) in [6.07, 6.45) is 2.06. The molecular formula is C14H16F3N3O2S. The van der Waals surface area contributed by atoms with Crippen LogP contribution in [0.25, 0.3) is 0 Å². The third-order valence-electron chi connectivity index (χ3n) is 3.23. The van der Waals surface area contributed by atoms with E-state index < -0.39 is 29.0 Å². The van der Waals surface area contributed by atoms with Crippen LogP contribution in [0.1, 0.15) is 12.8 Å². The molecule has 1 amide bonds. The van der Waals surface area contributed by atoms with Gasteiger partial charge < -0.3 is 20.7 Å². The molecule has 1 aromatic carbocycles. The van der Waals surface area contributed by atoms with Crippen molar-refractivity contribution < 1.29 is 22.7 Å². The van der Waals surface area contributed by atoms with Gasteiger partial charge in [0.1, 0.15) is 0 Å². The maximum atomic E-state index is 13.4. The number of hydrogen-bond acceptors (Lipinski definition) is 3. The first kappa shape index (κ1) is 17.5. The van der Waals surface area contributed by atoms with Gasteiger partial charge in [-0.05, 0) is 37.2 Å². The number of carbonyl (C=O) groups is 1. The minimum atomic E-state index is -1.63. The Morgan fingerprint density at radius 1 is 1.26 bits per heavy atom. The zero-order valence-electron chi connectivity index (χ0n) is 12.1. The Hall–Kier alpha value is -1.87. The highest BCUT2D eigenvalue weighted by atomic mass is 32.1. The van der Waals surface area contributed by atoms with Crippen molar-refractivity contribution in [2.45, 2.75) is 18.9 Å². The fraction of sp³-hybridized carbons (Fsp3) is 0.429. The fourth-order valence-corrected chi connectivity index (χ4v) is 2.21. The number of hydrogen-bond donors (Lipinski definition) is 3. The van der Waals surface area contributed by atoms with E-state index in [9.17, 15) is 18.0 Å². The second-order valence-electron chi connectivity index (χ2n) is 4.97. The van der Waals surface area contributed by atoms with E-state index in [-0.39, 0.29) is 17.8 Å². The van der Waals surface area contributed by atoms with E-state index in [4.69, 9.17) is 17.0 Å². The van der Waals surface area contributed by atoms with Gasteiger partial charge >= 0.3 is 0 Å². The zero-order valence-corrected chi connectivity index (χ0v) is 12.9. The first-order valence-electron chi connectivity index (χ1n) is 7.04. The molecule has 2 rings (SSSR count). The van der Waals surface area contributed by atoms with Crippen molar-refractivity contribution in [2.75, 3.05) is 25.0 Å². The molecule has 5 nitrogen and oxygen atoms in total. The van der Waals surface area contributed by atoms with E-state index in [0.717, 1.165) is 31.6 Å². The van der Waals surface area contributed by atoms with Gasteiger partial charge in [0, 0.05) is 13.2 Å². The van der Waals surface area contributed by atoms with Crippen LogP contribution in [0.5, 0.6) is 0 Å². The Morgan fingerprint density at radius 3 is 2.74 bits per heavy atom. The number of rotatable bonds is 5. The van der Waals surface area contributed by atoms with Crippen LogP contribution in [0.15, 0.2) is 12.1 Å². The molecule has 1 aliphatic heterocycles. The highest BCUT2D eigenvalue weighted by Crippen LogP contribution is 2.19. The molecule has 0 aliphatic carbocycles. The first-order valence-corrected chi connectivity index (χ1v) is 7.45. The topological polar surface area (TPSA) is 62.4 Å². The third-order valence-corrected chi connectivity index (χ3v) is 3.52. The molecule has 0 spiro atoms. The molecule has 1 saturated heterocycles. The molecule has 0 bridgehead atoms. The molecule has 1 aromatic rings. The molecule has 0 unspecified atom stereocenters. The van der Waals surface area contributed by atoms with E-state index in [2.05, 4.69) is 16.0 Å². The molecule has 0 radical (unpaired) electrons. The lowest BCUT2D eigenvalue weighted by atomic mass is 10.2. The third kappa shape index (κ3) is 5.07. The summed E-state index contributed by atoms with van der Waals surface area (Å²) < 4.78 is 44.7. The monoisotopic (exact) mass is 347 g/mol. The SMILES string of the molecule is O=C(CNC(=S)NC[C@H]1CCCO1)Nc1ccc(F)c(F)c1F. The molecule has 1 aliphatic rings. The smallest absolute Gasteiger partial charge is 0.243 e. The van der Waals surface area contributed by atoms with Gasteiger partial charge in [-0.3, -0.25) is 4.79 Å². The number of benzene rings is 1. The van der Waals surface area contributed by atoms with Crippen molar-refractivity contribution in [3.05, 3.63) is 29.6 Å². The maximum absolute atomic E-state index is 13.4. The van der Waals surface area contributed by atoms with Gasteiger partial charge in [-0.2, -0.15) is 0 Å². The summed E-state index contributed by atoms with van der Waals surface area (Å²) in [6, 6.07) is 1.68. The molecule has 1 heterocycles. The van der Waals surface area contributed by atoms with Gasteiger partial charge in [-0.15, -0.1) is 0 Å². The number of amides is 1. The summed E-state index contributed by atoms with van der Waals surface area (Å²) in [4.78, 5) is 11.7. The van der Waals surface area contributed by atoms with Crippen LogP contribution in [0.3, 0.4) is 0 Å². The van der Waals surface area contributed by atoms with Gasteiger partial charge in [0.25, 0.3) is 0 Å². The molecule has 3 N–H and O–H groups in total. The van der Waals surface area contributed by atoms with Crippen LogP contribution in [-0.4, -0.2) is 36.8 Å². The Labute approximate surface area is 136 Å². The van der Waals surface area contributed by atoms with E-state index in [1.54, 1.807) is 0 Å². The predicted molar refractivity (Wildman–Crippen MR) is 82.5 cm³/mol. The van der Waals surface area contributed by atoms with Gasteiger partial charge in [-0.25, -0.2) is 13.2 Å². The number of halogens is 3. The largest absolute Gasteiger partial charge is 0.376 e. The minimum absolute atomic E-state index is 0.0971. The van der Waals surface area contributed by atoms with Crippen molar-refractivity contribution >= 4 is 28.9 Å². The number of carbonyl (C=O) groups excluding carboxylic acids is 1. The Kier molecular flexibility index (Phi) is 6.17. The van der Waals surface area contributed by atoms with Crippen LogP contribution in [0, 0.1) is 17.5 Å². The predicted octanol–water partition coefficient (Wildman–Crippen LogP) is 1.69. The second kappa shape index (κ2) is 8.11. The Bertz CT molecular complexity index is 595. The van der Waals surface area contributed by atoms with Gasteiger partial charge in [0.15, 0.2) is 22.6 Å². The van der Waals surface area contributed by atoms with Crippen molar-refractivity contribution in [1.82, 2.24) is 10.6 Å². The van der Waals surface area contributed by atoms with Crippen LogP contribution in [-0.2, 0) is 9.53 Å². The van der Waals surface area contributed by atoms with E-state index in [0.29, 0.717) is 6.54 Å². The molecular weight excluding hydrogens is 331 g/mol. The van der Waals surface area contributed by atoms with Crippen LogP contribution < -0.4 is 16.0 Å². The van der Waals surface area contributed by atoms with Crippen molar-refractivity contribution in [3.63, 3.8) is 0 Å². The molecule has 23 heavy (non-hydrogen) atoms. The van der Waals surface area contributed by atoms with Crippen LogP contribution >= 0.6 is 12.2 Å². The molecule has 1 atom stereocenters. The average molecular weight is 347 g/mol. The molecule has 126 valence electrons. The van der Waals surface area contributed by atoms with Crippen molar-refractivity contribution in [1.29, 1.82) is 0 Å². The van der Waals surface area contributed by atoms with Crippen LogP contribution in [0.4, 0.5) is 18.9 Å². The zero-order chi connectivity index (χ0) is 16.8. The van der Waals surface area contributed by atoms with Crippen LogP contribution in [0.2, 0.25) is 0 Å². The summed E-state index contributed by atoms with van der Waals surface area (Å²) in [6.45, 7) is 1.02. The first-order chi connectivity index (χ1) is 11.0. The highest BCUT2D eigenvalue weighted by Gasteiger charge is 2.16. The summed E-state index contributed by atoms with van der Waals surface area (Å²) in [5, 5.41) is 7.92. The summed E-state index contributed by atoms with van der Waals surface area (Å²) in [7, 11) is 0. The summed E-state index contributed by atoms with van der Waals surface area (Å²) in [5.74, 6) is -5.05. The minimum Gasteiger partial charge on any atom is -0.376 e. The molecule has 0 saturated carbocycles. The van der Waals surface area contributed by atoms with Gasteiger partial charge in [0.2, 0.25) is 5.91 Å². The number of thiocarbonyl (C=S) groups is 1. The Balaban J connectivity index is 1.74. The number of ether oxygens (including phenoxy) is 1. The van der Waals surface area contributed by atoms with E-state index in [1.165, 1.54) is 0 Å². The van der Waals surface area contributed by atoms with Gasteiger partial charge in [-0.1, -0.05) is 0 Å². The van der Waals surface area contributed by atoms with E-state index in [1.807, 2.05) is 0 Å². The number of nitrogens with one attached hydrogen (secondary N) is 3. The molecule has 1 fully saturated rings. The highest BCUT2D eigenvalue weighted by molar-refractivity contribution is 7.80. The van der Waals surface area contributed by atoms with Crippen molar-refractivity contribution in [3.8, 4) is 0 Å². The lowest BCUT2D eigenvalue weighted by Gasteiger charge is -2.14. The molecule has 0 aromatic heterocycles. The maximum Gasteiger partial charge on any atom is 0.243 e. The molecule has 9 heteroatoms. The normalized spacial score (nSPS) is 16.9. The Morgan fingerprint density at radius 2 is 2.04 bits per heavy atom. The summed E-state index contributed by atoms with van der Waals surface area (Å²) >= 11 is 4.99.